The van der Waals surface area contributed by atoms with E-state index in [9.17, 15) is 14.5 Å². The predicted octanol–water partition coefficient (Wildman–Crippen LogP) is 2.51. The van der Waals surface area contributed by atoms with Gasteiger partial charge in [0.25, 0.3) is 5.69 Å². The molecule has 1 aromatic rings. The minimum atomic E-state index is -0.600. The molecule has 0 aromatic heterocycles. The monoisotopic (exact) mass is 263 g/mol. The van der Waals surface area contributed by atoms with Gasteiger partial charge in [0.1, 0.15) is 0 Å². The lowest BCUT2D eigenvalue weighted by Crippen LogP contribution is -2.00. The summed E-state index contributed by atoms with van der Waals surface area (Å²) in [5, 5.41) is 10.9. The van der Waals surface area contributed by atoms with Gasteiger partial charge >= 0.3 is 0 Å². The van der Waals surface area contributed by atoms with Gasteiger partial charge in [-0.1, -0.05) is 15.9 Å². The zero-order valence-electron chi connectivity index (χ0n) is 7.07. The molecule has 1 rings (SSSR count). The van der Waals surface area contributed by atoms with E-state index in [0.29, 0.717) is 5.33 Å². The summed E-state index contributed by atoms with van der Waals surface area (Å²) < 4.78 is 17.9. The van der Waals surface area contributed by atoms with Gasteiger partial charge in [0, 0.05) is 11.4 Å². The molecule has 0 N–H and O–H groups in total. The molecule has 1 aromatic carbocycles. The van der Waals surface area contributed by atoms with Crippen LogP contribution in [-0.2, 0) is 0 Å². The summed E-state index contributed by atoms with van der Waals surface area (Å²) in [6.07, 6.45) is 0. The average molecular weight is 264 g/mol. The number of nitro benzene ring substituents is 1. The van der Waals surface area contributed by atoms with E-state index in [1.165, 1.54) is 0 Å². The second-order valence-corrected chi connectivity index (χ2v) is 3.20. The first-order valence-corrected chi connectivity index (χ1v) is 4.90. The van der Waals surface area contributed by atoms with Crippen molar-refractivity contribution in [2.75, 3.05) is 11.9 Å². The van der Waals surface area contributed by atoms with Crippen LogP contribution in [0, 0.1) is 15.9 Å². The molecule has 14 heavy (non-hydrogen) atoms. The van der Waals surface area contributed by atoms with Crippen molar-refractivity contribution in [2.45, 2.75) is 0 Å². The van der Waals surface area contributed by atoms with Gasteiger partial charge in [-0.2, -0.15) is 0 Å². The fraction of sp³-hybridized carbons (Fsp3) is 0.250. The van der Waals surface area contributed by atoms with Crippen molar-refractivity contribution in [3.63, 3.8) is 0 Å². The Labute approximate surface area is 88.0 Å². The highest BCUT2D eigenvalue weighted by molar-refractivity contribution is 9.09. The van der Waals surface area contributed by atoms with Crippen LogP contribution in [0.25, 0.3) is 0 Å². The van der Waals surface area contributed by atoms with Crippen molar-refractivity contribution < 1.29 is 14.1 Å². The highest BCUT2D eigenvalue weighted by Crippen LogP contribution is 2.23. The molecule has 0 saturated heterocycles. The predicted molar refractivity (Wildman–Crippen MR) is 52.3 cm³/mol. The maximum absolute atomic E-state index is 13.0. The largest absolute Gasteiger partial charge is 0.489 e. The fourth-order valence-electron chi connectivity index (χ4n) is 0.865. The van der Waals surface area contributed by atoms with Crippen LogP contribution in [0.15, 0.2) is 18.2 Å². The smallest absolute Gasteiger partial charge is 0.273 e. The maximum atomic E-state index is 13.0. The van der Waals surface area contributed by atoms with Crippen LogP contribution in [0.1, 0.15) is 0 Å². The van der Waals surface area contributed by atoms with Crippen LogP contribution < -0.4 is 4.74 Å². The normalized spacial score (nSPS) is 9.86. The SMILES string of the molecule is O=[N+]([O-])c1ccc(F)c(OCCBr)c1. The molecule has 0 aliphatic carbocycles. The first-order chi connectivity index (χ1) is 6.65. The Bertz CT molecular complexity index is 345. The van der Waals surface area contributed by atoms with Gasteiger partial charge in [-0.05, 0) is 6.07 Å². The second kappa shape index (κ2) is 4.90. The Kier molecular flexibility index (Phi) is 3.82. The van der Waals surface area contributed by atoms with Crippen molar-refractivity contribution in [1.82, 2.24) is 0 Å². The minimum absolute atomic E-state index is 0.0985. The van der Waals surface area contributed by atoms with E-state index in [-0.39, 0.29) is 18.0 Å². The van der Waals surface area contributed by atoms with Gasteiger partial charge in [0.05, 0.1) is 17.6 Å². The molecule has 76 valence electrons. The van der Waals surface area contributed by atoms with Crippen LogP contribution in [0.2, 0.25) is 0 Å². The van der Waals surface area contributed by atoms with Gasteiger partial charge in [-0.25, -0.2) is 4.39 Å². The third-order valence-corrected chi connectivity index (χ3v) is 1.78. The second-order valence-electron chi connectivity index (χ2n) is 2.41. The highest BCUT2D eigenvalue weighted by atomic mass is 79.9. The van der Waals surface area contributed by atoms with Gasteiger partial charge in [0.2, 0.25) is 0 Å². The van der Waals surface area contributed by atoms with E-state index in [4.69, 9.17) is 4.74 Å². The van der Waals surface area contributed by atoms with Gasteiger partial charge < -0.3 is 4.74 Å². The standard InChI is InChI=1S/C8H7BrFNO3/c9-3-4-14-8-5-6(11(12)13)1-2-7(8)10/h1-2,5H,3-4H2. The van der Waals surface area contributed by atoms with Gasteiger partial charge in [0.15, 0.2) is 11.6 Å². The number of hydrogen-bond acceptors (Lipinski definition) is 3. The Morgan fingerprint density at radius 2 is 2.29 bits per heavy atom. The molecule has 0 amide bonds. The molecule has 0 aliphatic rings. The lowest BCUT2D eigenvalue weighted by molar-refractivity contribution is -0.385. The molecule has 0 aliphatic heterocycles. The molecule has 0 bridgehead atoms. The number of ether oxygens (including phenoxy) is 1. The van der Waals surface area contributed by atoms with Crippen molar-refractivity contribution in [3.8, 4) is 5.75 Å². The van der Waals surface area contributed by atoms with Crippen LogP contribution >= 0.6 is 15.9 Å². The van der Waals surface area contributed by atoms with Crippen molar-refractivity contribution >= 4 is 21.6 Å². The van der Waals surface area contributed by atoms with E-state index in [1.54, 1.807) is 0 Å². The van der Waals surface area contributed by atoms with Gasteiger partial charge in [-0.3, -0.25) is 10.1 Å². The number of non-ortho nitro benzene ring substituents is 1. The Morgan fingerprint density at radius 1 is 1.57 bits per heavy atom. The fourth-order valence-corrected chi connectivity index (χ4v) is 1.03. The Balaban J connectivity index is 2.90. The molecule has 0 spiro atoms. The molecular weight excluding hydrogens is 257 g/mol. The number of halogens is 2. The number of rotatable bonds is 4. The summed E-state index contributed by atoms with van der Waals surface area (Å²) in [5.41, 5.74) is -0.184. The van der Waals surface area contributed by atoms with Crippen LogP contribution in [0.4, 0.5) is 10.1 Å². The Morgan fingerprint density at radius 3 is 2.86 bits per heavy atom. The number of benzene rings is 1. The van der Waals surface area contributed by atoms with E-state index >= 15 is 0 Å². The number of hydrogen-bond donors (Lipinski definition) is 0. The molecular formula is C8H7BrFNO3. The first kappa shape index (κ1) is 10.9. The van der Waals surface area contributed by atoms with E-state index in [1.807, 2.05) is 0 Å². The molecule has 6 heteroatoms. The molecule has 0 radical (unpaired) electrons. The summed E-state index contributed by atoms with van der Waals surface area (Å²) in [4.78, 5) is 9.76. The van der Waals surface area contributed by atoms with Crippen LogP contribution in [0.5, 0.6) is 5.75 Å². The molecule has 0 saturated carbocycles. The third-order valence-electron chi connectivity index (χ3n) is 1.46. The minimum Gasteiger partial charge on any atom is -0.489 e. The molecule has 0 fully saturated rings. The van der Waals surface area contributed by atoms with E-state index in [0.717, 1.165) is 18.2 Å². The first-order valence-electron chi connectivity index (χ1n) is 3.78. The summed E-state index contributed by atoms with van der Waals surface area (Å²) in [7, 11) is 0. The van der Waals surface area contributed by atoms with Crippen molar-refractivity contribution in [1.29, 1.82) is 0 Å². The topological polar surface area (TPSA) is 52.4 Å². The molecule has 4 nitrogen and oxygen atoms in total. The quantitative estimate of drug-likeness (QED) is 0.477. The summed E-state index contributed by atoms with van der Waals surface area (Å²) in [6, 6.07) is 3.18. The highest BCUT2D eigenvalue weighted by Gasteiger charge is 2.11. The van der Waals surface area contributed by atoms with Gasteiger partial charge in [-0.15, -0.1) is 0 Å². The maximum Gasteiger partial charge on any atom is 0.273 e. The number of nitro groups is 1. The average Bonchev–Trinajstić information content (AvgIpc) is 2.16. The van der Waals surface area contributed by atoms with E-state index < -0.39 is 10.7 Å². The summed E-state index contributed by atoms with van der Waals surface area (Å²) >= 11 is 3.10. The third kappa shape index (κ3) is 2.66. The lowest BCUT2D eigenvalue weighted by atomic mass is 10.3. The molecule has 0 unspecified atom stereocenters. The number of nitrogens with zero attached hydrogens (tertiary/aromatic N) is 1. The number of alkyl halides is 1. The van der Waals surface area contributed by atoms with Crippen LogP contribution in [-0.4, -0.2) is 16.9 Å². The zero-order valence-corrected chi connectivity index (χ0v) is 8.66. The molecule has 0 heterocycles. The van der Waals surface area contributed by atoms with Crippen molar-refractivity contribution in [3.05, 3.63) is 34.1 Å². The summed E-state index contributed by atoms with van der Waals surface area (Å²) in [6.45, 7) is 0.262. The van der Waals surface area contributed by atoms with Crippen molar-refractivity contribution in [2.24, 2.45) is 0 Å². The van der Waals surface area contributed by atoms with Crippen LogP contribution in [0.3, 0.4) is 0 Å². The lowest BCUT2D eigenvalue weighted by Gasteiger charge is -2.04. The Hall–Kier alpha value is -1.17. The zero-order chi connectivity index (χ0) is 10.6. The summed E-state index contributed by atoms with van der Waals surface area (Å²) in [5.74, 6) is -0.699. The van der Waals surface area contributed by atoms with E-state index in [2.05, 4.69) is 15.9 Å². The molecule has 0 atom stereocenters.